The molecule has 4 aliphatic rings. The summed E-state index contributed by atoms with van der Waals surface area (Å²) in [5, 5.41) is 16.2. The van der Waals surface area contributed by atoms with Crippen LogP contribution in [0.1, 0.15) is 60.5 Å². The van der Waals surface area contributed by atoms with Crippen LogP contribution in [0.25, 0.3) is 0 Å². The third-order valence-electron chi connectivity index (χ3n) is 7.27. The highest BCUT2D eigenvalue weighted by Gasteiger charge is 2.33. The minimum Gasteiger partial charge on any atom is -0.476 e. The highest BCUT2D eigenvalue weighted by atomic mass is 32.2. The maximum atomic E-state index is 13.1. The molecule has 1 aromatic carbocycles. The molecule has 2 fully saturated rings. The second-order valence-corrected chi connectivity index (χ2v) is 10.8. The molecule has 188 valence electrons. The molecule has 7 nitrogen and oxygen atoms in total. The first-order valence-corrected chi connectivity index (χ1v) is 14.0. The number of carbonyl (C=O) groups excluding carboxylic acids is 1. The Morgan fingerprint density at radius 3 is 2.50 bits per heavy atom. The molecule has 36 heavy (non-hydrogen) atoms. The molecule has 2 atom stereocenters. The number of aliphatic hydroxyl groups excluding tert-OH is 1. The number of nitrogens with one attached hydrogen (secondary N) is 2. The Labute approximate surface area is 216 Å². The fraction of sp³-hybridized carbons (Fsp3) is 0.429. The molecule has 2 aromatic rings. The highest BCUT2D eigenvalue weighted by Crippen LogP contribution is 2.45. The number of dihydropyridines is 1. The number of benzene rings is 1. The van der Waals surface area contributed by atoms with E-state index in [2.05, 4.69) is 27.7 Å². The number of aliphatic hydroxyl groups is 1. The van der Waals surface area contributed by atoms with Crippen LogP contribution in [0.15, 0.2) is 65.0 Å². The van der Waals surface area contributed by atoms with Crippen molar-refractivity contribution in [3.05, 3.63) is 77.1 Å². The third-order valence-corrected chi connectivity index (χ3v) is 8.01. The molecule has 0 radical (unpaired) electrons. The van der Waals surface area contributed by atoms with E-state index in [1.165, 1.54) is 37.1 Å². The van der Waals surface area contributed by atoms with Crippen molar-refractivity contribution in [2.24, 2.45) is 0 Å². The van der Waals surface area contributed by atoms with Crippen LogP contribution in [0.2, 0.25) is 0 Å². The summed E-state index contributed by atoms with van der Waals surface area (Å²) in [7, 11) is 0. The Kier molecular flexibility index (Phi) is 6.39. The van der Waals surface area contributed by atoms with Crippen molar-refractivity contribution in [1.29, 1.82) is 0 Å². The normalized spacial score (nSPS) is 21.9. The summed E-state index contributed by atoms with van der Waals surface area (Å²) < 4.78 is 5.96. The van der Waals surface area contributed by atoms with Crippen LogP contribution in [0.4, 0.5) is 5.69 Å². The minimum atomic E-state index is -0.579. The molecular weight excluding hydrogens is 472 g/mol. The second-order valence-electron chi connectivity index (χ2n) is 9.94. The minimum absolute atomic E-state index is 0.173. The highest BCUT2D eigenvalue weighted by molar-refractivity contribution is 7.98. The molecule has 1 amide bonds. The molecule has 3 heterocycles. The van der Waals surface area contributed by atoms with E-state index in [-0.39, 0.29) is 12.5 Å². The lowest BCUT2D eigenvalue weighted by atomic mass is 10.1. The van der Waals surface area contributed by atoms with Crippen LogP contribution < -0.4 is 15.5 Å². The SMILES string of the molecule is CSc1ccc(C(CO)NC(=O)C2C=CC3=C(N2)OCCN3c2cc(C3CC3)nc(C3CC3)c2)cc1. The van der Waals surface area contributed by atoms with Gasteiger partial charge < -0.3 is 25.4 Å². The number of pyridine rings is 1. The summed E-state index contributed by atoms with van der Waals surface area (Å²) in [5.41, 5.74) is 5.40. The van der Waals surface area contributed by atoms with Gasteiger partial charge in [0.1, 0.15) is 18.3 Å². The topological polar surface area (TPSA) is 86.7 Å². The smallest absolute Gasteiger partial charge is 0.247 e. The van der Waals surface area contributed by atoms with Gasteiger partial charge in [-0.3, -0.25) is 9.78 Å². The van der Waals surface area contributed by atoms with Crippen LogP contribution in [0, 0.1) is 0 Å². The lowest BCUT2D eigenvalue weighted by Gasteiger charge is -2.36. The number of amides is 1. The lowest BCUT2D eigenvalue weighted by Crippen LogP contribution is -2.48. The standard InChI is InChI=1S/C28H32N4O3S/c1-36-21-8-6-19(7-9-21)25(16-33)30-27(34)22-10-11-26-28(31-22)35-13-12-32(26)20-14-23(17-2-3-17)29-24(15-20)18-4-5-18/h6-11,14-15,17-18,22,25,31,33H,2-5,12-13,16H2,1H3,(H,30,34). The van der Waals surface area contributed by atoms with E-state index in [1.807, 2.05) is 42.7 Å². The zero-order valence-corrected chi connectivity index (χ0v) is 21.3. The Balaban J connectivity index is 1.18. The molecule has 2 saturated carbocycles. The van der Waals surface area contributed by atoms with Crippen LogP contribution in [0.5, 0.6) is 0 Å². The molecule has 2 unspecified atom stereocenters. The fourth-order valence-electron chi connectivity index (χ4n) is 4.86. The van der Waals surface area contributed by atoms with Crippen LogP contribution in [0.3, 0.4) is 0 Å². The maximum Gasteiger partial charge on any atom is 0.247 e. The first kappa shape index (κ1) is 23.4. The lowest BCUT2D eigenvalue weighted by molar-refractivity contribution is -0.123. The number of aromatic nitrogens is 1. The van der Waals surface area contributed by atoms with Gasteiger partial charge in [0.15, 0.2) is 0 Å². The molecule has 2 aliphatic heterocycles. The summed E-state index contributed by atoms with van der Waals surface area (Å²) in [4.78, 5) is 21.5. The van der Waals surface area contributed by atoms with Crippen molar-refractivity contribution < 1.29 is 14.6 Å². The van der Waals surface area contributed by atoms with Crippen molar-refractivity contribution >= 4 is 23.4 Å². The third kappa shape index (κ3) is 4.84. The molecular formula is C28H32N4O3S. The number of thioether (sulfide) groups is 1. The number of nitrogens with zero attached hydrogens (tertiary/aromatic N) is 2. The predicted octanol–water partition coefficient (Wildman–Crippen LogP) is 3.94. The van der Waals surface area contributed by atoms with Gasteiger partial charge in [-0.15, -0.1) is 11.8 Å². The van der Waals surface area contributed by atoms with E-state index in [0.717, 1.165) is 28.4 Å². The zero-order chi connectivity index (χ0) is 24.6. The van der Waals surface area contributed by atoms with Crippen molar-refractivity contribution in [1.82, 2.24) is 15.6 Å². The number of carbonyl (C=O) groups is 1. The number of hydrogen-bond donors (Lipinski definition) is 3. The first-order chi connectivity index (χ1) is 17.6. The summed E-state index contributed by atoms with van der Waals surface area (Å²) in [6, 6.07) is 11.3. The largest absolute Gasteiger partial charge is 0.476 e. The van der Waals surface area contributed by atoms with Gasteiger partial charge in [-0.2, -0.15) is 0 Å². The van der Waals surface area contributed by atoms with Gasteiger partial charge in [0, 0.05) is 33.8 Å². The number of hydrogen-bond acceptors (Lipinski definition) is 7. The number of anilines is 1. The van der Waals surface area contributed by atoms with Crippen LogP contribution in [-0.2, 0) is 9.53 Å². The molecule has 2 aliphatic carbocycles. The second kappa shape index (κ2) is 9.82. The summed E-state index contributed by atoms with van der Waals surface area (Å²) in [5.74, 6) is 1.61. The number of ether oxygens (including phenoxy) is 1. The molecule has 0 spiro atoms. The van der Waals surface area contributed by atoms with Gasteiger partial charge in [-0.05, 0) is 67.8 Å². The molecule has 6 rings (SSSR count). The zero-order valence-electron chi connectivity index (χ0n) is 20.4. The average molecular weight is 505 g/mol. The molecule has 3 N–H and O–H groups in total. The molecule has 8 heteroatoms. The van der Waals surface area contributed by atoms with E-state index in [4.69, 9.17) is 9.72 Å². The predicted molar refractivity (Wildman–Crippen MR) is 141 cm³/mol. The van der Waals surface area contributed by atoms with E-state index in [1.54, 1.807) is 11.8 Å². The first-order valence-electron chi connectivity index (χ1n) is 12.8. The maximum absolute atomic E-state index is 13.1. The Bertz CT molecular complexity index is 1170. The van der Waals surface area contributed by atoms with Gasteiger partial charge in [0.05, 0.1) is 19.2 Å². The van der Waals surface area contributed by atoms with E-state index in [0.29, 0.717) is 24.3 Å². The van der Waals surface area contributed by atoms with Gasteiger partial charge in [0.2, 0.25) is 11.8 Å². The monoisotopic (exact) mass is 504 g/mol. The van der Waals surface area contributed by atoms with E-state index >= 15 is 0 Å². The molecule has 0 bridgehead atoms. The Morgan fingerprint density at radius 1 is 1.19 bits per heavy atom. The van der Waals surface area contributed by atoms with Gasteiger partial charge in [0.25, 0.3) is 0 Å². The number of rotatable bonds is 8. The van der Waals surface area contributed by atoms with Gasteiger partial charge in [-0.25, -0.2) is 0 Å². The molecule has 0 saturated heterocycles. The Morgan fingerprint density at radius 2 is 1.89 bits per heavy atom. The molecule has 1 aromatic heterocycles. The fourth-order valence-corrected chi connectivity index (χ4v) is 5.27. The summed E-state index contributed by atoms with van der Waals surface area (Å²) in [6.45, 7) is 1.11. The van der Waals surface area contributed by atoms with Crippen molar-refractivity contribution in [3.63, 3.8) is 0 Å². The summed E-state index contributed by atoms with van der Waals surface area (Å²) >= 11 is 1.66. The van der Waals surface area contributed by atoms with E-state index in [9.17, 15) is 9.90 Å². The quantitative estimate of drug-likeness (QED) is 0.470. The average Bonchev–Trinajstić information content (AvgIpc) is 3.84. The van der Waals surface area contributed by atoms with Gasteiger partial charge in [-0.1, -0.05) is 18.2 Å². The Hall–Kier alpha value is -2.97. The van der Waals surface area contributed by atoms with Crippen LogP contribution in [-0.4, -0.2) is 48.1 Å². The van der Waals surface area contributed by atoms with Crippen molar-refractivity contribution in [2.45, 2.75) is 54.5 Å². The van der Waals surface area contributed by atoms with Gasteiger partial charge >= 0.3 is 0 Å². The van der Waals surface area contributed by atoms with Crippen molar-refractivity contribution in [2.75, 3.05) is 30.9 Å². The van der Waals surface area contributed by atoms with Crippen LogP contribution >= 0.6 is 11.8 Å². The summed E-state index contributed by atoms with van der Waals surface area (Å²) in [6.07, 6.45) is 10.8. The van der Waals surface area contributed by atoms with E-state index < -0.39 is 12.1 Å². The van der Waals surface area contributed by atoms with Crippen molar-refractivity contribution in [3.8, 4) is 0 Å². The number of allylic oxidation sites excluding steroid dienone is 1.